The van der Waals surface area contributed by atoms with E-state index in [0.717, 1.165) is 12.8 Å². The Labute approximate surface area is 166 Å². The third-order valence-corrected chi connectivity index (χ3v) is 7.07. The number of nitrogens with zero attached hydrogens (tertiary/aromatic N) is 3. The maximum Gasteiger partial charge on any atom is 0.311 e. The normalized spacial score (nSPS) is 14.4. The van der Waals surface area contributed by atoms with E-state index in [-0.39, 0.29) is 22.6 Å². The molecule has 146 valence electrons. The SMILES string of the molecule is Cc1sc(-c2nnc(C(=O)N3CCCC3)o2)cc1S(=O)(=O)Nc1ccccc1. The van der Waals surface area contributed by atoms with E-state index < -0.39 is 10.0 Å². The standard InChI is InChI=1S/C18H18N4O4S2/c1-12-15(28(24,25)21-13-7-3-2-4-8-13)11-14(27-12)16-19-20-17(26-16)18(23)22-9-5-6-10-22/h2-4,7-8,11,21H,5-6,9-10H2,1H3. The van der Waals surface area contributed by atoms with Crippen molar-refractivity contribution in [1.29, 1.82) is 0 Å². The van der Waals surface area contributed by atoms with Crippen molar-refractivity contribution in [3.63, 3.8) is 0 Å². The number of carbonyl (C=O) groups excluding carboxylic acids is 1. The van der Waals surface area contributed by atoms with Gasteiger partial charge in [-0.3, -0.25) is 9.52 Å². The molecule has 3 heterocycles. The molecule has 0 spiro atoms. The number of hydrogen-bond acceptors (Lipinski definition) is 7. The third kappa shape index (κ3) is 3.65. The van der Waals surface area contributed by atoms with Crippen LogP contribution in [0.15, 0.2) is 45.7 Å². The number of sulfonamides is 1. The highest BCUT2D eigenvalue weighted by molar-refractivity contribution is 7.93. The minimum Gasteiger partial charge on any atom is -0.411 e. The maximum absolute atomic E-state index is 12.7. The number of benzene rings is 1. The molecule has 3 aromatic rings. The molecule has 10 heteroatoms. The fraction of sp³-hybridized carbons (Fsp3) is 0.278. The van der Waals surface area contributed by atoms with Crippen molar-refractivity contribution in [2.75, 3.05) is 17.8 Å². The van der Waals surface area contributed by atoms with Gasteiger partial charge in [0, 0.05) is 23.7 Å². The first-order valence-electron chi connectivity index (χ1n) is 8.75. The van der Waals surface area contributed by atoms with Crippen LogP contribution in [0.4, 0.5) is 5.69 Å². The Hall–Kier alpha value is -2.72. The van der Waals surface area contributed by atoms with Crippen LogP contribution in [-0.2, 0) is 10.0 Å². The van der Waals surface area contributed by atoms with Crippen molar-refractivity contribution in [2.24, 2.45) is 0 Å². The zero-order chi connectivity index (χ0) is 19.7. The van der Waals surface area contributed by atoms with Gasteiger partial charge < -0.3 is 9.32 Å². The highest BCUT2D eigenvalue weighted by atomic mass is 32.2. The first kappa shape index (κ1) is 18.6. The number of para-hydroxylation sites is 1. The fourth-order valence-corrected chi connectivity index (χ4v) is 5.59. The summed E-state index contributed by atoms with van der Waals surface area (Å²) in [6.07, 6.45) is 1.93. The van der Waals surface area contributed by atoms with Gasteiger partial charge in [-0.2, -0.15) is 0 Å². The molecular weight excluding hydrogens is 400 g/mol. The molecule has 1 aliphatic heterocycles. The molecule has 0 saturated carbocycles. The largest absolute Gasteiger partial charge is 0.411 e. The van der Waals surface area contributed by atoms with Crippen LogP contribution in [0, 0.1) is 6.92 Å². The van der Waals surface area contributed by atoms with Gasteiger partial charge >= 0.3 is 11.8 Å². The second-order valence-electron chi connectivity index (χ2n) is 6.41. The lowest BCUT2D eigenvalue weighted by Gasteiger charge is -2.11. The van der Waals surface area contributed by atoms with Crippen LogP contribution in [0.1, 0.15) is 28.4 Å². The van der Waals surface area contributed by atoms with Crippen LogP contribution >= 0.6 is 11.3 Å². The minimum absolute atomic E-state index is 0.0743. The number of aromatic nitrogens is 2. The smallest absolute Gasteiger partial charge is 0.311 e. The van der Waals surface area contributed by atoms with E-state index in [1.807, 2.05) is 6.07 Å². The Morgan fingerprint density at radius 1 is 1.18 bits per heavy atom. The van der Waals surface area contributed by atoms with Gasteiger partial charge in [0.25, 0.3) is 15.9 Å². The molecule has 1 aromatic carbocycles. The summed E-state index contributed by atoms with van der Waals surface area (Å²) in [5.41, 5.74) is 0.478. The molecule has 1 aliphatic rings. The van der Waals surface area contributed by atoms with Gasteiger partial charge in [-0.25, -0.2) is 8.42 Å². The Balaban J connectivity index is 1.58. The van der Waals surface area contributed by atoms with E-state index in [1.54, 1.807) is 36.1 Å². The monoisotopic (exact) mass is 418 g/mol. The molecule has 0 unspecified atom stereocenters. The predicted molar refractivity (Wildman–Crippen MR) is 105 cm³/mol. The van der Waals surface area contributed by atoms with Crippen LogP contribution < -0.4 is 4.72 Å². The number of thiophene rings is 1. The molecule has 1 saturated heterocycles. The zero-order valence-electron chi connectivity index (χ0n) is 15.1. The first-order chi connectivity index (χ1) is 13.4. The molecule has 0 aliphatic carbocycles. The summed E-state index contributed by atoms with van der Waals surface area (Å²) in [7, 11) is -3.76. The van der Waals surface area contributed by atoms with Gasteiger partial charge in [-0.1, -0.05) is 18.2 Å². The van der Waals surface area contributed by atoms with Crippen LogP contribution in [-0.4, -0.2) is 42.5 Å². The lowest BCUT2D eigenvalue weighted by molar-refractivity contribution is 0.0754. The quantitative estimate of drug-likeness (QED) is 0.682. The molecule has 1 N–H and O–H groups in total. The van der Waals surface area contributed by atoms with Gasteiger partial charge in [-0.15, -0.1) is 21.5 Å². The Kier molecular flexibility index (Phi) is 4.90. The molecule has 1 fully saturated rings. The van der Waals surface area contributed by atoms with E-state index in [9.17, 15) is 13.2 Å². The summed E-state index contributed by atoms with van der Waals surface area (Å²) in [5, 5.41) is 7.77. The molecular formula is C18H18N4O4S2. The molecule has 2 aromatic heterocycles. The molecule has 0 radical (unpaired) electrons. The summed E-state index contributed by atoms with van der Waals surface area (Å²) >= 11 is 1.22. The summed E-state index contributed by atoms with van der Waals surface area (Å²) in [6, 6.07) is 10.1. The van der Waals surface area contributed by atoms with Gasteiger partial charge in [0.2, 0.25) is 0 Å². The molecule has 0 atom stereocenters. The van der Waals surface area contributed by atoms with Crippen LogP contribution in [0.25, 0.3) is 10.8 Å². The molecule has 8 nitrogen and oxygen atoms in total. The number of nitrogens with one attached hydrogen (secondary N) is 1. The molecule has 0 bridgehead atoms. The number of aryl methyl sites for hydroxylation is 1. The van der Waals surface area contributed by atoms with Crippen LogP contribution in [0.3, 0.4) is 0 Å². The first-order valence-corrected chi connectivity index (χ1v) is 11.1. The van der Waals surface area contributed by atoms with Crippen molar-refractivity contribution < 1.29 is 17.6 Å². The molecule has 4 rings (SSSR count). The number of likely N-dealkylation sites (tertiary alicyclic amines) is 1. The van der Waals surface area contributed by atoms with Crippen molar-refractivity contribution in [3.05, 3.63) is 47.2 Å². The van der Waals surface area contributed by atoms with E-state index in [4.69, 9.17) is 4.42 Å². The number of anilines is 1. The number of hydrogen-bond donors (Lipinski definition) is 1. The highest BCUT2D eigenvalue weighted by Gasteiger charge is 2.27. The summed E-state index contributed by atoms with van der Waals surface area (Å²) in [4.78, 5) is 15.3. The van der Waals surface area contributed by atoms with Crippen LogP contribution in [0.2, 0.25) is 0 Å². The average molecular weight is 419 g/mol. The number of amides is 1. The number of carbonyl (C=O) groups is 1. The van der Waals surface area contributed by atoms with E-state index in [1.165, 1.54) is 17.4 Å². The minimum atomic E-state index is -3.76. The summed E-state index contributed by atoms with van der Waals surface area (Å²) in [5.74, 6) is -0.227. The zero-order valence-corrected chi connectivity index (χ0v) is 16.7. The number of rotatable bonds is 5. The Bertz CT molecular complexity index is 1100. The summed E-state index contributed by atoms with van der Waals surface area (Å²) < 4.78 is 33.5. The molecule has 1 amide bonds. The fourth-order valence-electron chi connectivity index (χ4n) is 3.02. The van der Waals surface area contributed by atoms with Gasteiger partial charge in [0.1, 0.15) is 4.90 Å². The van der Waals surface area contributed by atoms with E-state index in [0.29, 0.717) is 28.5 Å². The lowest BCUT2D eigenvalue weighted by atomic mass is 10.3. The van der Waals surface area contributed by atoms with Gasteiger partial charge in [0.15, 0.2) is 0 Å². The highest BCUT2D eigenvalue weighted by Crippen LogP contribution is 2.33. The van der Waals surface area contributed by atoms with Gasteiger partial charge in [-0.05, 0) is 38.0 Å². The average Bonchev–Trinajstić information content (AvgIpc) is 3.42. The molecule has 28 heavy (non-hydrogen) atoms. The lowest BCUT2D eigenvalue weighted by Crippen LogP contribution is -2.27. The van der Waals surface area contributed by atoms with E-state index >= 15 is 0 Å². The van der Waals surface area contributed by atoms with Gasteiger partial charge in [0.05, 0.1) is 4.88 Å². The predicted octanol–water partition coefficient (Wildman–Crippen LogP) is 3.14. The third-order valence-electron chi connectivity index (χ3n) is 4.40. The topological polar surface area (TPSA) is 105 Å². The Morgan fingerprint density at radius 3 is 2.61 bits per heavy atom. The second kappa shape index (κ2) is 7.36. The van der Waals surface area contributed by atoms with Crippen molar-refractivity contribution in [2.45, 2.75) is 24.7 Å². The maximum atomic E-state index is 12.7. The van der Waals surface area contributed by atoms with E-state index in [2.05, 4.69) is 14.9 Å². The van der Waals surface area contributed by atoms with Crippen molar-refractivity contribution >= 4 is 33.0 Å². The Morgan fingerprint density at radius 2 is 1.89 bits per heavy atom. The second-order valence-corrected chi connectivity index (χ2v) is 9.32. The van der Waals surface area contributed by atoms with Crippen LogP contribution in [0.5, 0.6) is 0 Å². The summed E-state index contributed by atoms with van der Waals surface area (Å²) in [6.45, 7) is 3.07. The van der Waals surface area contributed by atoms with Crippen molar-refractivity contribution in [1.82, 2.24) is 15.1 Å². The van der Waals surface area contributed by atoms with Crippen molar-refractivity contribution in [3.8, 4) is 10.8 Å².